The summed E-state index contributed by atoms with van der Waals surface area (Å²) in [4.78, 5) is 25.1. The fourth-order valence-electron chi connectivity index (χ4n) is 5.35. The topological polar surface area (TPSA) is 107 Å². The maximum atomic E-state index is 13.1. The Morgan fingerprint density at radius 2 is 1.71 bits per heavy atom. The molecule has 3 saturated carbocycles. The third-order valence-electron chi connectivity index (χ3n) is 6.75. The van der Waals surface area contributed by atoms with Gasteiger partial charge in [0.15, 0.2) is 24.2 Å². The molecule has 2 atom stereocenters. The summed E-state index contributed by atoms with van der Waals surface area (Å²) < 4.78 is 46.2. The van der Waals surface area contributed by atoms with Gasteiger partial charge in [0.2, 0.25) is 0 Å². The summed E-state index contributed by atoms with van der Waals surface area (Å²) in [6, 6.07) is 13.6. The third-order valence-corrected chi connectivity index (χ3v) is 6.75. The summed E-state index contributed by atoms with van der Waals surface area (Å²) in [5.41, 5.74) is 0.296. The second kappa shape index (κ2) is 7.79. The van der Waals surface area contributed by atoms with Crippen LogP contribution < -0.4 is 30.2 Å². The smallest absolute Gasteiger partial charge is 0.484 e. The SMILES string of the molecule is O=C(COc1ccc2c(c1)OC(F)(F)O2)NC12CC(NC(=O)C3CNC(c4ccccc4)O3)(C1)C2. The van der Waals surface area contributed by atoms with E-state index >= 15 is 0 Å². The number of hydrogen-bond donors (Lipinski definition) is 3. The Morgan fingerprint density at radius 3 is 2.49 bits per heavy atom. The van der Waals surface area contributed by atoms with Gasteiger partial charge in [0, 0.05) is 23.7 Å². The van der Waals surface area contributed by atoms with Crippen LogP contribution in [0.15, 0.2) is 48.5 Å². The van der Waals surface area contributed by atoms with Crippen molar-refractivity contribution in [2.24, 2.45) is 0 Å². The molecule has 2 aliphatic heterocycles. The molecule has 2 bridgehead atoms. The van der Waals surface area contributed by atoms with Crippen LogP contribution in [0, 0.1) is 0 Å². The summed E-state index contributed by atoms with van der Waals surface area (Å²) >= 11 is 0. The summed E-state index contributed by atoms with van der Waals surface area (Å²) in [6.07, 6.45) is -2.68. The molecule has 4 fully saturated rings. The minimum atomic E-state index is -3.71. The van der Waals surface area contributed by atoms with Gasteiger partial charge in [-0.2, -0.15) is 0 Å². The minimum absolute atomic E-state index is 0.0950. The predicted molar refractivity (Wildman–Crippen MR) is 116 cm³/mol. The monoisotopic (exact) mass is 487 g/mol. The Balaban J connectivity index is 0.944. The van der Waals surface area contributed by atoms with Gasteiger partial charge in [-0.15, -0.1) is 8.78 Å². The molecule has 2 aromatic rings. The number of ether oxygens (including phenoxy) is 4. The van der Waals surface area contributed by atoms with E-state index in [0.717, 1.165) is 5.56 Å². The molecule has 3 aliphatic carbocycles. The number of alkyl halides is 2. The molecule has 1 saturated heterocycles. The van der Waals surface area contributed by atoms with Gasteiger partial charge in [0.1, 0.15) is 12.0 Å². The lowest BCUT2D eigenvalue weighted by atomic mass is 9.44. The van der Waals surface area contributed by atoms with E-state index in [4.69, 9.17) is 9.47 Å². The summed E-state index contributed by atoms with van der Waals surface area (Å²) in [5, 5.41) is 9.25. The largest absolute Gasteiger partial charge is 0.586 e. The Bertz CT molecular complexity index is 1160. The fraction of sp³-hybridized carbons (Fsp3) is 0.417. The van der Waals surface area contributed by atoms with E-state index in [1.54, 1.807) is 0 Å². The van der Waals surface area contributed by atoms with Crippen molar-refractivity contribution in [3.8, 4) is 17.2 Å². The number of hydrogen-bond acceptors (Lipinski definition) is 7. The third kappa shape index (κ3) is 4.14. The van der Waals surface area contributed by atoms with Gasteiger partial charge in [-0.1, -0.05) is 30.3 Å². The first-order chi connectivity index (χ1) is 16.7. The van der Waals surface area contributed by atoms with Crippen LogP contribution in [0.1, 0.15) is 31.1 Å². The Kier molecular flexibility index (Phi) is 4.91. The fourth-order valence-corrected chi connectivity index (χ4v) is 5.35. The lowest BCUT2D eigenvalue weighted by molar-refractivity contribution is -0.286. The summed E-state index contributed by atoms with van der Waals surface area (Å²) in [7, 11) is 0. The van der Waals surface area contributed by atoms with Crippen molar-refractivity contribution in [3.05, 3.63) is 54.1 Å². The van der Waals surface area contributed by atoms with E-state index in [2.05, 4.69) is 25.4 Å². The van der Waals surface area contributed by atoms with Crippen molar-refractivity contribution in [3.63, 3.8) is 0 Å². The van der Waals surface area contributed by atoms with E-state index < -0.39 is 12.4 Å². The van der Waals surface area contributed by atoms with E-state index in [1.807, 2.05) is 30.3 Å². The predicted octanol–water partition coefficient (Wildman–Crippen LogP) is 1.98. The molecule has 184 valence electrons. The molecule has 2 amide bonds. The molecule has 0 aromatic heterocycles. The van der Waals surface area contributed by atoms with Gasteiger partial charge in [-0.25, -0.2) is 0 Å². The Morgan fingerprint density at radius 1 is 1.00 bits per heavy atom. The maximum absolute atomic E-state index is 13.1. The molecule has 2 unspecified atom stereocenters. The molecule has 2 heterocycles. The number of rotatable bonds is 7. The second-order valence-corrected chi connectivity index (χ2v) is 9.52. The number of nitrogens with one attached hydrogen (secondary N) is 3. The first-order valence-electron chi connectivity index (χ1n) is 11.3. The molecule has 2 aromatic carbocycles. The average molecular weight is 487 g/mol. The van der Waals surface area contributed by atoms with Crippen LogP contribution >= 0.6 is 0 Å². The van der Waals surface area contributed by atoms with E-state index in [0.29, 0.717) is 25.8 Å². The van der Waals surface area contributed by atoms with Gasteiger partial charge in [-0.05, 0) is 37.0 Å². The van der Waals surface area contributed by atoms with Gasteiger partial charge < -0.3 is 29.6 Å². The van der Waals surface area contributed by atoms with Gasteiger partial charge in [0.05, 0.1) is 0 Å². The number of fused-ring (bicyclic) bond motifs is 1. The number of benzene rings is 2. The van der Waals surface area contributed by atoms with Crippen LogP contribution in [0.25, 0.3) is 0 Å². The first kappa shape index (κ1) is 22.1. The zero-order valence-corrected chi connectivity index (χ0v) is 18.5. The highest BCUT2D eigenvalue weighted by Crippen LogP contribution is 2.60. The molecule has 7 rings (SSSR count). The number of halogens is 2. The number of amides is 2. The highest BCUT2D eigenvalue weighted by molar-refractivity contribution is 5.84. The van der Waals surface area contributed by atoms with Crippen LogP contribution in [-0.2, 0) is 14.3 Å². The molecule has 5 aliphatic rings. The second-order valence-electron chi connectivity index (χ2n) is 9.52. The lowest BCUT2D eigenvalue weighted by Gasteiger charge is -2.70. The van der Waals surface area contributed by atoms with Crippen LogP contribution in [0.4, 0.5) is 8.78 Å². The molecule has 3 N–H and O–H groups in total. The van der Waals surface area contributed by atoms with E-state index in [9.17, 15) is 18.4 Å². The normalized spacial score (nSPS) is 31.1. The quantitative estimate of drug-likeness (QED) is 0.548. The van der Waals surface area contributed by atoms with Crippen molar-refractivity contribution in [2.45, 2.75) is 49.0 Å². The lowest BCUT2D eigenvalue weighted by Crippen LogP contribution is -2.84. The van der Waals surface area contributed by atoms with E-state index in [1.165, 1.54) is 18.2 Å². The van der Waals surface area contributed by atoms with Crippen molar-refractivity contribution >= 4 is 11.8 Å². The highest BCUT2D eigenvalue weighted by Gasteiger charge is 2.69. The standard InChI is InChI=1S/C24H23F2N3O6/c25-24(26)34-16-7-6-15(8-17(16)35-24)32-10-19(30)28-22-11-23(12-22,13-22)29-20(31)18-9-27-21(33-18)14-4-2-1-3-5-14/h1-8,18,21,27H,9-13H2,(H,28,30)(H,29,31). The van der Waals surface area contributed by atoms with Crippen LogP contribution in [-0.4, -0.2) is 48.4 Å². The maximum Gasteiger partial charge on any atom is 0.586 e. The molecule has 0 spiro atoms. The molecule has 35 heavy (non-hydrogen) atoms. The molecule has 0 radical (unpaired) electrons. The summed E-state index contributed by atoms with van der Waals surface area (Å²) in [5.74, 6) is -0.529. The Labute approximate surface area is 199 Å². The van der Waals surface area contributed by atoms with Crippen LogP contribution in [0.2, 0.25) is 0 Å². The minimum Gasteiger partial charge on any atom is -0.484 e. The highest BCUT2D eigenvalue weighted by atomic mass is 19.3. The Hall–Kier alpha value is -3.44. The van der Waals surface area contributed by atoms with Crippen LogP contribution in [0.5, 0.6) is 17.2 Å². The summed E-state index contributed by atoms with van der Waals surface area (Å²) in [6.45, 7) is 0.151. The first-order valence-corrected chi connectivity index (χ1v) is 11.3. The van der Waals surface area contributed by atoms with E-state index in [-0.39, 0.29) is 53.0 Å². The van der Waals surface area contributed by atoms with Gasteiger partial charge >= 0.3 is 6.29 Å². The number of carbonyl (C=O) groups is 2. The van der Waals surface area contributed by atoms with Gasteiger partial charge in [0.25, 0.3) is 11.8 Å². The van der Waals surface area contributed by atoms with Gasteiger partial charge in [-0.3, -0.25) is 14.9 Å². The van der Waals surface area contributed by atoms with Crippen molar-refractivity contribution in [1.29, 1.82) is 0 Å². The molecule has 11 heteroatoms. The van der Waals surface area contributed by atoms with Crippen LogP contribution in [0.3, 0.4) is 0 Å². The molecule has 9 nitrogen and oxygen atoms in total. The molecular formula is C24H23F2N3O6. The molecular weight excluding hydrogens is 464 g/mol. The van der Waals surface area contributed by atoms with Crippen molar-refractivity contribution in [1.82, 2.24) is 16.0 Å². The van der Waals surface area contributed by atoms with Crippen molar-refractivity contribution < 1.29 is 37.3 Å². The zero-order chi connectivity index (χ0) is 24.3. The number of carbonyl (C=O) groups excluding carboxylic acids is 2. The van der Waals surface area contributed by atoms with Crippen molar-refractivity contribution in [2.75, 3.05) is 13.2 Å². The zero-order valence-electron chi connectivity index (χ0n) is 18.5. The average Bonchev–Trinajstić information content (AvgIpc) is 3.39.